The number of nitrogens with two attached hydrogens (primary N) is 1. The maximum Gasteiger partial charge on any atom is 0.309 e. The van der Waals surface area contributed by atoms with E-state index in [0.717, 1.165) is 0 Å². The number of methoxy groups -OCH3 is 1. The number of ether oxygens (including phenoxy) is 2. The summed E-state index contributed by atoms with van der Waals surface area (Å²) in [5.74, 6) is -0.320. The van der Waals surface area contributed by atoms with Gasteiger partial charge in [0.05, 0.1) is 12.5 Å². The van der Waals surface area contributed by atoms with Gasteiger partial charge in [-0.25, -0.2) is 0 Å². The summed E-state index contributed by atoms with van der Waals surface area (Å²) in [6, 6.07) is 0. The Bertz CT molecular complexity index is 150. The van der Waals surface area contributed by atoms with Crippen molar-refractivity contribution in [3.63, 3.8) is 0 Å². The molecule has 0 bridgehead atoms. The molecule has 0 amide bonds. The minimum Gasteiger partial charge on any atom is -0.460 e. The molecule has 0 aromatic heterocycles. The van der Waals surface area contributed by atoms with Crippen molar-refractivity contribution in [3.05, 3.63) is 0 Å². The standard InChI is InChI=1S/C9H19NO3/c1-7(4-5-10)9(11)13-8(2)6-12-3/h7-8H,4-6,10H2,1-3H3. The van der Waals surface area contributed by atoms with Gasteiger partial charge in [-0.1, -0.05) is 6.92 Å². The van der Waals surface area contributed by atoms with E-state index in [2.05, 4.69) is 0 Å². The number of carbonyl (C=O) groups excluding carboxylic acids is 1. The highest BCUT2D eigenvalue weighted by atomic mass is 16.6. The largest absolute Gasteiger partial charge is 0.460 e. The first-order chi connectivity index (χ1) is 6.11. The molecule has 2 unspecified atom stereocenters. The van der Waals surface area contributed by atoms with Crippen LogP contribution in [-0.2, 0) is 14.3 Å². The first-order valence-electron chi connectivity index (χ1n) is 4.51. The fourth-order valence-corrected chi connectivity index (χ4v) is 0.951. The van der Waals surface area contributed by atoms with Crippen molar-refractivity contribution in [1.29, 1.82) is 0 Å². The zero-order valence-corrected chi connectivity index (χ0v) is 8.58. The van der Waals surface area contributed by atoms with Crippen LogP contribution in [0.5, 0.6) is 0 Å². The third-order valence-corrected chi connectivity index (χ3v) is 1.72. The van der Waals surface area contributed by atoms with E-state index in [1.54, 1.807) is 14.0 Å². The number of hydrogen-bond acceptors (Lipinski definition) is 4. The lowest BCUT2D eigenvalue weighted by molar-refractivity contribution is -0.155. The van der Waals surface area contributed by atoms with E-state index < -0.39 is 0 Å². The molecule has 0 aliphatic rings. The first-order valence-corrected chi connectivity index (χ1v) is 4.51. The van der Waals surface area contributed by atoms with Crippen LogP contribution >= 0.6 is 0 Å². The van der Waals surface area contributed by atoms with Gasteiger partial charge in [-0.3, -0.25) is 4.79 Å². The Morgan fingerprint density at radius 2 is 2.08 bits per heavy atom. The fourth-order valence-electron chi connectivity index (χ4n) is 0.951. The smallest absolute Gasteiger partial charge is 0.309 e. The van der Waals surface area contributed by atoms with E-state index in [9.17, 15) is 4.79 Å². The van der Waals surface area contributed by atoms with Gasteiger partial charge >= 0.3 is 5.97 Å². The molecule has 4 nitrogen and oxygen atoms in total. The van der Waals surface area contributed by atoms with Gasteiger partial charge in [0, 0.05) is 7.11 Å². The summed E-state index contributed by atoms with van der Waals surface area (Å²) in [5, 5.41) is 0. The minimum absolute atomic E-state index is 0.121. The Morgan fingerprint density at radius 1 is 1.46 bits per heavy atom. The average molecular weight is 189 g/mol. The molecule has 13 heavy (non-hydrogen) atoms. The van der Waals surface area contributed by atoms with E-state index >= 15 is 0 Å². The van der Waals surface area contributed by atoms with Crippen LogP contribution in [0.15, 0.2) is 0 Å². The molecule has 0 heterocycles. The molecule has 0 saturated carbocycles. The Labute approximate surface area is 79.4 Å². The van der Waals surface area contributed by atoms with Gasteiger partial charge in [0.25, 0.3) is 0 Å². The van der Waals surface area contributed by atoms with E-state index in [1.165, 1.54) is 0 Å². The Balaban J connectivity index is 3.71. The van der Waals surface area contributed by atoms with Gasteiger partial charge in [0.1, 0.15) is 6.10 Å². The molecule has 0 radical (unpaired) electrons. The predicted octanol–water partition coefficient (Wildman–Crippen LogP) is 0.549. The normalized spacial score (nSPS) is 15.1. The Morgan fingerprint density at radius 3 is 2.54 bits per heavy atom. The van der Waals surface area contributed by atoms with E-state index in [0.29, 0.717) is 19.6 Å². The molecule has 0 aliphatic heterocycles. The highest BCUT2D eigenvalue weighted by Gasteiger charge is 2.16. The van der Waals surface area contributed by atoms with Gasteiger partial charge in [-0.15, -0.1) is 0 Å². The zero-order valence-electron chi connectivity index (χ0n) is 8.58. The first kappa shape index (κ1) is 12.4. The molecule has 4 heteroatoms. The zero-order chi connectivity index (χ0) is 10.3. The lowest BCUT2D eigenvalue weighted by Crippen LogP contribution is -2.25. The maximum absolute atomic E-state index is 11.3. The Kier molecular flexibility index (Phi) is 6.54. The van der Waals surface area contributed by atoms with Crippen LogP contribution in [0.2, 0.25) is 0 Å². The van der Waals surface area contributed by atoms with Crippen LogP contribution < -0.4 is 5.73 Å². The van der Waals surface area contributed by atoms with Crippen molar-refractivity contribution in [2.75, 3.05) is 20.3 Å². The summed E-state index contributed by atoms with van der Waals surface area (Å²) in [7, 11) is 1.58. The van der Waals surface area contributed by atoms with Gasteiger partial charge in [-0.05, 0) is 19.9 Å². The third kappa shape index (κ3) is 5.60. The van der Waals surface area contributed by atoms with Crippen LogP contribution in [0, 0.1) is 5.92 Å². The van der Waals surface area contributed by atoms with Crippen molar-refractivity contribution >= 4 is 5.97 Å². The average Bonchev–Trinajstić information content (AvgIpc) is 2.05. The number of esters is 1. The second-order valence-corrected chi connectivity index (χ2v) is 3.18. The third-order valence-electron chi connectivity index (χ3n) is 1.72. The molecule has 78 valence electrons. The van der Waals surface area contributed by atoms with Crippen molar-refractivity contribution in [2.24, 2.45) is 11.7 Å². The number of carbonyl (C=O) groups is 1. The predicted molar refractivity (Wildman–Crippen MR) is 50.3 cm³/mol. The van der Waals surface area contributed by atoms with Crippen LogP contribution in [0.25, 0.3) is 0 Å². The van der Waals surface area contributed by atoms with Crippen molar-refractivity contribution < 1.29 is 14.3 Å². The lowest BCUT2D eigenvalue weighted by Gasteiger charge is -2.15. The highest BCUT2D eigenvalue weighted by molar-refractivity contribution is 5.72. The fraction of sp³-hybridized carbons (Fsp3) is 0.889. The van der Waals surface area contributed by atoms with Gasteiger partial charge in [0.2, 0.25) is 0 Å². The Hall–Kier alpha value is -0.610. The van der Waals surface area contributed by atoms with Crippen LogP contribution in [-0.4, -0.2) is 32.3 Å². The SMILES string of the molecule is COCC(C)OC(=O)C(C)CCN. The summed E-state index contributed by atoms with van der Waals surface area (Å²) >= 11 is 0. The number of rotatable bonds is 6. The summed E-state index contributed by atoms with van der Waals surface area (Å²) in [6.07, 6.45) is 0.483. The molecule has 0 aliphatic carbocycles. The van der Waals surface area contributed by atoms with E-state index in [-0.39, 0.29) is 18.0 Å². The maximum atomic E-state index is 11.3. The van der Waals surface area contributed by atoms with Crippen LogP contribution in [0.1, 0.15) is 20.3 Å². The van der Waals surface area contributed by atoms with Gasteiger partial charge in [-0.2, -0.15) is 0 Å². The quantitative estimate of drug-likeness (QED) is 0.620. The topological polar surface area (TPSA) is 61.5 Å². The molecule has 2 N–H and O–H groups in total. The van der Waals surface area contributed by atoms with E-state index in [1.807, 2.05) is 6.92 Å². The minimum atomic E-state index is -0.199. The molecule has 2 atom stereocenters. The molecular formula is C9H19NO3. The van der Waals surface area contributed by atoms with E-state index in [4.69, 9.17) is 15.2 Å². The van der Waals surface area contributed by atoms with Crippen LogP contribution in [0.4, 0.5) is 0 Å². The second-order valence-electron chi connectivity index (χ2n) is 3.18. The summed E-state index contributed by atoms with van der Waals surface area (Å²) in [6.45, 7) is 4.56. The highest BCUT2D eigenvalue weighted by Crippen LogP contribution is 2.05. The second kappa shape index (κ2) is 6.86. The van der Waals surface area contributed by atoms with Crippen molar-refractivity contribution in [2.45, 2.75) is 26.4 Å². The monoisotopic (exact) mass is 189 g/mol. The molecule has 0 rings (SSSR count). The summed E-state index contributed by atoms with van der Waals surface area (Å²) in [5.41, 5.74) is 5.32. The van der Waals surface area contributed by atoms with Crippen molar-refractivity contribution in [1.82, 2.24) is 0 Å². The molecule has 0 aromatic carbocycles. The summed E-state index contributed by atoms with van der Waals surface area (Å²) < 4.78 is 9.93. The molecule has 0 spiro atoms. The lowest BCUT2D eigenvalue weighted by atomic mass is 10.1. The van der Waals surface area contributed by atoms with Gasteiger partial charge < -0.3 is 15.2 Å². The van der Waals surface area contributed by atoms with Crippen LogP contribution in [0.3, 0.4) is 0 Å². The molecule has 0 fully saturated rings. The summed E-state index contributed by atoms with van der Waals surface area (Å²) in [4.78, 5) is 11.3. The molecule has 0 saturated heterocycles. The number of hydrogen-bond donors (Lipinski definition) is 1. The molecular weight excluding hydrogens is 170 g/mol. The molecule has 0 aromatic rings. The van der Waals surface area contributed by atoms with Gasteiger partial charge in [0.15, 0.2) is 0 Å². The van der Waals surface area contributed by atoms with Crippen molar-refractivity contribution in [3.8, 4) is 0 Å².